The lowest BCUT2D eigenvalue weighted by molar-refractivity contribution is -0.140. The lowest BCUT2D eigenvalue weighted by Crippen LogP contribution is -2.20. The molecule has 2 atom stereocenters. The van der Waals surface area contributed by atoms with E-state index in [1.165, 1.54) is 6.07 Å². The van der Waals surface area contributed by atoms with E-state index in [1.54, 1.807) is 0 Å². The molecule has 0 bridgehead atoms. The summed E-state index contributed by atoms with van der Waals surface area (Å²) in [5.74, 6) is -0.734. The molecule has 1 aromatic rings. The zero-order valence-corrected chi connectivity index (χ0v) is 10.6. The summed E-state index contributed by atoms with van der Waals surface area (Å²) >= 11 is 0. The van der Waals surface area contributed by atoms with Gasteiger partial charge in [0, 0.05) is 0 Å². The van der Waals surface area contributed by atoms with Crippen LogP contribution in [0.5, 0.6) is 0 Å². The maximum Gasteiger partial charge on any atom is 0.419 e. The number of halogens is 4. The van der Waals surface area contributed by atoms with Crippen LogP contribution in [0.25, 0.3) is 0 Å². The number of alkyl halides is 3. The van der Waals surface area contributed by atoms with E-state index in [-0.39, 0.29) is 6.10 Å². The summed E-state index contributed by atoms with van der Waals surface area (Å²) in [5, 5.41) is 0. The molecular formula is C14H16F4O. The molecule has 1 nitrogen and oxygen atoms in total. The molecule has 1 heterocycles. The highest BCUT2D eigenvalue weighted by molar-refractivity contribution is 5.28. The van der Waals surface area contributed by atoms with Crippen LogP contribution in [0.1, 0.15) is 43.4 Å². The normalized spacial score (nSPS) is 24.5. The average Bonchev–Trinajstić information content (AvgIpc) is 2.37. The molecule has 1 aliphatic heterocycles. The molecule has 0 radical (unpaired) electrons. The highest BCUT2D eigenvalue weighted by Crippen LogP contribution is 2.35. The van der Waals surface area contributed by atoms with Gasteiger partial charge >= 0.3 is 6.18 Å². The first kappa shape index (κ1) is 14.3. The Bertz CT molecular complexity index is 434. The average molecular weight is 276 g/mol. The molecule has 1 aromatic carbocycles. The van der Waals surface area contributed by atoms with Gasteiger partial charge in [0.15, 0.2) is 0 Å². The molecule has 1 aliphatic rings. The van der Waals surface area contributed by atoms with Crippen molar-refractivity contribution >= 4 is 0 Å². The van der Waals surface area contributed by atoms with Crippen molar-refractivity contribution in [3.8, 4) is 0 Å². The zero-order chi connectivity index (χ0) is 14.0. The predicted octanol–water partition coefficient (Wildman–Crippen LogP) is 4.72. The summed E-state index contributed by atoms with van der Waals surface area (Å²) in [4.78, 5) is 0. The quantitative estimate of drug-likeness (QED) is 0.710. The van der Waals surface area contributed by atoms with Gasteiger partial charge in [-0.2, -0.15) is 13.2 Å². The fourth-order valence-corrected chi connectivity index (χ4v) is 2.35. The lowest BCUT2D eigenvalue weighted by Gasteiger charge is -2.28. The van der Waals surface area contributed by atoms with Gasteiger partial charge in [0.2, 0.25) is 0 Å². The molecule has 1 fully saturated rings. The van der Waals surface area contributed by atoms with Gasteiger partial charge in [-0.05, 0) is 36.5 Å². The Morgan fingerprint density at radius 2 is 2.00 bits per heavy atom. The summed E-state index contributed by atoms with van der Waals surface area (Å²) in [6, 6.07) is 3.04. The molecule has 19 heavy (non-hydrogen) atoms. The minimum Gasteiger partial charge on any atom is -0.373 e. The molecule has 0 aromatic heterocycles. The number of hydrogen-bond acceptors (Lipinski definition) is 1. The van der Waals surface area contributed by atoms with Crippen LogP contribution in [0.2, 0.25) is 0 Å². The van der Waals surface area contributed by atoms with E-state index < -0.39 is 17.6 Å². The third kappa shape index (κ3) is 3.26. The maximum absolute atomic E-state index is 13.5. The number of hydrogen-bond donors (Lipinski definition) is 0. The predicted molar refractivity (Wildman–Crippen MR) is 63.1 cm³/mol. The van der Waals surface area contributed by atoms with Gasteiger partial charge in [-0.3, -0.25) is 0 Å². The topological polar surface area (TPSA) is 9.23 Å². The second-order valence-electron chi connectivity index (χ2n) is 4.91. The van der Waals surface area contributed by atoms with E-state index in [2.05, 4.69) is 6.92 Å². The molecule has 1 saturated heterocycles. The van der Waals surface area contributed by atoms with Crippen molar-refractivity contribution in [2.45, 2.75) is 38.5 Å². The van der Waals surface area contributed by atoms with Gasteiger partial charge in [0.1, 0.15) is 5.82 Å². The van der Waals surface area contributed by atoms with Crippen molar-refractivity contribution in [1.29, 1.82) is 0 Å². The molecule has 0 aliphatic carbocycles. The summed E-state index contributed by atoms with van der Waals surface area (Å²) in [6.07, 6.45) is -2.23. The van der Waals surface area contributed by atoms with E-state index in [0.717, 1.165) is 31.4 Å². The van der Waals surface area contributed by atoms with Gasteiger partial charge in [-0.25, -0.2) is 4.39 Å². The molecule has 0 amide bonds. The summed E-state index contributed by atoms with van der Waals surface area (Å²) < 4.78 is 56.4. The van der Waals surface area contributed by atoms with Gasteiger partial charge in [0.05, 0.1) is 18.3 Å². The SMILES string of the molecule is CCC1CCC(c2ccc(C(F)(F)F)c(F)c2)OC1. The number of rotatable bonds is 2. The van der Waals surface area contributed by atoms with Crippen LogP contribution in [-0.4, -0.2) is 6.61 Å². The third-order valence-corrected chi connectivity index (χ3v) is 3.62. The zero-order valence-electron chi connectivity index (χ0n) is 10.6. The minimum atomic E-state index is -4.65. The highest BCUT2D eigenvalue weighted by Gasteiger charge is 2.34. The van der Waals surface area contributed by atoms with E-state index >= 15 is 0 Å². The van der Waals surface area contributed by atoms with Crippen LogP contribution in [-0.2, 0) is 10.9 Å². The Kier molecular flexibility index (Phi) is 4.13. The van der Waals surface area contributed by atoms with Gasteiger partial charge in [0.25, 0.3) is 0 Å². The van der Waals surface area contributed by atoms with Crippen molar-refractivity contribution in [2.75, 3.05) is 6.61 Å². The lowest BCUT2D eigenvalue weighted by atomic mass is 9.93. The fourth-order valence-electron chi connectivity index (χ4n) is 2.35. The summed E-state index contributed by atoms with van der Waals surface area (Å²) in [5.41, 5.74) is -0.737. The fraction of sp³-hybridized carbons (Fsp3) is 0.571. The van der Waals surface area contributed by atoms with Crippen molar-refractivity contribution < 1.29 is 22.3 Å². The Morgan fingerprint density at radius 1 is 1.26 bits per heavy atom. The van der Waals surface area contributed by atoms with E-state index in [9.17, 15) is 17.6 Å². The first-order chi connectivity index (χ1) is 8.91. The minimum absolute atomic E-state index is 0.292. The molecule has 2 rings (SSSR count). The van der Waals surface area contributed by atoms with Gasteiger partial charge in [-0.1, -0.05) is 19.4 Å². The Morgan fingerprint density at radius 3 is 2.47 bits per heavy atom. The van der Waals surface area contributed by atoms with Crippen LogP contribution in [0, 0.1) is 11.7 Å². The van der Waals surface area contributed by atoms with Crippen molar-refractivity contribution in [3.63, 3.8) is 0 Å². The van der Waals surface area contributed by atoms with Crippen LogP contribution in [0.15, 0.2) is 18.2 Å². The third-order valence-electron chi connectivity index (χ3n) is 3.62. The van der Waals surface area contributed by atoms with Crippen molar-refractivity contribution in [3.05, 3.63) is 35.1 Å². The monoisotopic (exact) mass is 276 g/mol. The van der Waals surface area contributed by atoms with E-state index in [1.807, 2.05) is 0 Å². The van der Waals surface area contributed by atoms with Crippen molar-refractivity contribution in [1.82, 2.24) is 0 Å². The largest absolute Gasteiger partial charge is 0.419 e. The van der Waals surface area contributed by atoms with E-state index in [4.69, 9.17) is 4.74 Å². The molecule has 0 saturated carbocycles. The first-order valence-electron chi connectivity index (χ1n) is 6.40. The molecule has 0 N–H and O–H groups in total. The van der Waals surface area contributed by atoms with Crippen LogP contribution >= 0.6 is 0 Å². The summed E-state index contributed by atoms with van der Waals surface area (Å²) in [7, 11) is 0. The molecule has 106 valence electrons. The second kappa shape index (κ2) is 5.49. The number of benzene rings is 1. The first-order valence-corrected chi connectivity index (χ1v) is 6.40. The summed E-state index contributed by atoms with van der Waals surface area (Å²) in [6.45, 7) is 2.66. The smallest absolute Gasteiger partial charge is 0.373 e. The van der Waals surface area contributed by atoms with Gasteiger partial charge < -0.3 is 4.74 Å². The second-order valence-corrected chi connectivity index (χ2v) is 4.91. The Balaban J connectivity index is 2.13. The molecule has 5 heteroatoms. The molecule has 2 unspecified atom stereocenters. The van der Waals surface area contributed by atoms with Crippen LogP contribution in [0.4, 0.5) is 17.6 Å². The highest BCUT2D eigenvalue weighted by atomic mass is 19.4. The van der Waals surface area contributed by atoms with Gasteiger partial charge in [-0.15, -0.1) is 0 Å². The maximum atomic E-state index is 13.5. The standard InChI is InChI=1S/C14H16F4O/c1-2-9-3-6-13(19-8-9)10-4-5-11(12(15)7-10)14(16,17)18/h4-5,7,9,13H,2-3,6,8H2,1H3. The Hall–Kier alpha value is -1.10. The van der Waals surface area contributed by atoms with Crippen molar-refractivity contribution in [2.24, 2.45) is 5.92 Å². The number of ether oxygens (including phenoxy) is 1. The van der Waals surface area contributed by atoms with Crippen LogP contribution < -0.4 is 0 Å². The molecular weight excluding hydrogens is 260 g/mol. The molecule has 0 spiro atoms. The van der Waals surface area contributed by atoms with E-state index in [0.29, 0.717) is 18.1 Å². The van der Waals surface area contributed by atoms with Crippen LogP contribution in [0.3, 0.4) is 0 Å². The Labute approximate surface area is 109 Å².